The summed E-state index contributed by atoms with van der Waals surface area (Å²) in [5.74, 6) is -2.05. The zero-order chi connectivity index (χ0) is 22.2. The van der Waals surface area contributed by atoms with Crippen LogP contribution in [-0.4, -0.2) is 26.2 Å². The van der Waals surface area contributed by atoms with E-state index in [0.717, 1.165) is 44.7 Å². The largest absolute Gasteiger partial charge is 0.301 e. The summed E-state index contributed by atoms with van der Waals surface area (Å²) in [5.41, 5.74) is 0.794. The lowest BCUT2D eigenvalue weighted by Crippen LogP contribution is -2.22. The van der Waals surface area contributed by atoms with Gasteiger partial charge in [-0.15, -0.1) is 11.3 Å². The van der Waals surface area contributed by atoms with Gasteiger partial charge >= 0.3 is 0 Å². The van der Waals surface area contributed by atoms with E-state index in [-0.39, 0.29) is 22.5 Å². The maximum Gasteiger partial charge on any atom is 0.276 e. The number of amides is 1. The second kappa shape index (κ2) is 8.41. The highest BCUT2D eigenvalue weighted by Gasteiger charge is 2.17. The van der Waals surface area contributed by atoms with Gasteiger partial charge in [0.05, 0.1) is 27.2 Å². The van der Waals surface area contributed by atoms with Gasteiger partial charge in [0.25, 0.3) is 5.56 Å². The van der Waals surface area contributed by atoms with E-state index in [1.165, 1.54) is 22.7 Å². The molecule has 0 aliphatic heterocycles. The number of nitrogens with zero attached hydrogens (tertiary/aromatic N) is 3. The molecule has 11 heteroatoms. The summed E-state index contributed by atoms with van der Waals surface area (Å²) in [4.78, 5) is 34.4. The van der Waals surface area contributed by atoms with Crippen molar-refractivity contribution in [2.45, 2.75) is 5.16 Å². The monoisotopic (exact) mass is 486 g/mol. The number of thioether (sulfide) groups is 1. The molecule has 0 saturated heterocycles. The summed E-state index contributed by atoms with van der Waals surface area (Å²) >= 11 is 3.54. The second-order valence-corrected chi connectivity index (χ2v) is 9.51. The number of nitrogens with one attached hydrogen (secondary N) is 1. The van der Waals surface area contributed by atoms with E-state index in [4.69, 9.17) is 0 Å². The van der Waals surface area contributed by atoms with Gasteiger partial charge in [0.2, 0.25) is 5.91 Å². The predicted molar refractivity (Wildman–Crippen MR) is 124 cm³/mol. The lowest BCUT2D eigenvalue weighted by molar-refractivity contribution is -0.113. The van der Waals surface area contributed by atoms with E-state index < -0.39 is 17.2 Å². The number of hydrogen-bond acceptors (Lipinski definition) is 7. The van der Waals surface area contributed by atoms with Crippen molar-refractivity contribution in [3.63, 3.8) is 0 Å². The van der Waals surface area contributed by atoms with Gasteiger partial charge in [0.1, 0.15) is 16.3 Å². The molecule has 3 heterocycles. The SMILES string of the molecule is O=C(CSc1nc2ccsc2c(=O)n1-c1cc(F)cc(F)c1)Nc1nc2ccccc2s1. The molecule has 1 amide bonds. The van der Waals surface area contributed by atoms with E-state index in [0.29, 0.717) is 15.3 Å². The Hall–Kier alpha value is -3.15. The Kier molecular flexibility index (Phi) is 5.45. The van der Waals surface area contributed by atoms with Crippen LogP contribution in [0.25, 0.3) is 26.1 Å². The Morgan fingerprint density at radius 1 is 1.06 bits per heavy atom. The van der Waals surface area contributed by atoms with Crippen molar-refractivity contribution >= 4 is 65.9 Å². The van der Waals surface area contributed by atoms with Crippen LogP contribution in [0.1, 0.15) is 0 Å². The van der Waals surface area contributed by atoms with Crippen molar-refractivity contribution in [3.8, 4) is 5.69 Å². The van der Waals surface area contributed by atoms with Crippen molar-refractivity contribution in [1.29, 1.82) is 0 Å². The minimum atomic E-state index is -0.817. The lowest BCUT2D eigenvalue weighted by atomic mass is 10.3. The number of thiazole rings is 1. The fraction of sp³-hybridized carbons (Fsp3) is 0.0476. The van der Waals surface area contributed by atoms with Crippen molar-refractivity contribution in [2.75, 3.05) is 11.1 Å². The molecule has 3 aromatic heterocycles. The highest BCUT2D eigenvalue weighted by Crippen LogP contribution is 2.27. The average molecular weight is 487 g/mol. The molecular weight excluding hydrogens is 474 g/mol. The molecule has 1 N–H and O–H groups in total. The van der Waals surface area contributed by atoms with Crippen LogP contribution in [0.2, 0.25) is 0 Å². The fourth-order valence-electron chi connectivity index (χ4n) is 3.10. The molecular formula is C21H12F2N4O2S3. The quantitative estimate of drug-likeness (QED) is 0.277. The molecule has 5 rings (SSSR count). The zero-order valence-electron chi connectivity index (χ0n) is 16.0. The van der Waals surface area contributed by atoms with Gasteiger partial charge in [-0.2, -0.15) is 0 Å². The number of halogens is 2. The van der Waals surface area contributed by atoms with Gasteiger partial charge in [-0.25, -0.2) is 18.7 Å². The molecule has 5 aromatic rings. The smallest absolute Gasteiger partial charge is 0.276 e. The molecule has 2 aromatic carbocycles. The summed E-state index contributed by atoms with van der Waals surface area (Å²) in [7, 11) is 0. The topological polar surface area (TPSA) is 76.9 Å². The number of carbonyl (C=O) groups is 1. The molecule has 0 spiro atoms. The van der Waals surface area contributed by atoms with Crippen molar-refractivity contribution < 1.29 is 13.6 Å². The van der Waals surface area contributed by atoms with Crippen LogP contribution in [0.15, 0.2) is 63.9 Å². The van der Waals surface area contributed by atoms with Crippen LogP contribution >= 0.6 is 34.4 Å². The maximum absolute atomic E-state index is 13.8. The van der Waals surface area contributed by atoms with Crippen molar-refractivity contribution in [1.82, 2.24) is 14.5 Å². The molecule has 0 aliphatic rings. The number of carbonyl (C=O) groups excluding carboxylic acids is 1. The summed E-state index contributed by atoms with van der Waals surface area (Å²) in [6.45, 7) is 0. The number of hydrogen-bond donors (Lipinski definition) is 1. The highest BCUT2D eigenvalue weighted by molar-refractivity contribution is 7.99. The van der Waals surface area contributed by atoms with Crippen LogP contribution < -0.4 is 10.9 Å². The number of fused-ring (bicyclic) bond motifs is 2. The number of anilines is 1. The molecule has 0 aliphatic carbocycles. The predicted octanol–water partition coefficient (Wildman–Crippen LogP) is 5.07. The van der Waals surface area contributed by atoms with Gasteiger partial charge in [-0.3, -0.25) is 14.2 Å². The Morgan fingerprint density at radius 3 is 2.62 bits per heavy atom. The Morgan fingerprint density at radius 2 is 1.84 bits per heavy atom. The normalized spacial score (nSPS) is 11.3. The molecule has 0 atom stereocenters. The summed E-state index contributed by atoms with van der Waals surface area (Å²) in [5, 5.41) is 5.07. The van der Waals surface area contributed by atoms with Gasteiger partial charge in [0, 0.05) is 6.07 Å². The van der Waals surface area contributed by atoms with Gasteiger partial charge < -0.3 is 5.32 Å². The number of aromatic nitrogens is 3. The molecule has 0 saturated carbocycles. The minimum Gasteiger partial charge on any atom is -0.301 e. The zero-order valence-corrected chi connectivity index (χ0v) is 18.5. The molecule has 0 bridgehead atoms. The first-order chi connectivity index (χ1) is 15.5. The summed E-state index contributed by atoms with van der Waals surface area (Å²) < 4.78 is 30.1. The first kappa shape index (κ1) is 20.7. The number of thiophene rings is 1. The third-order valence-corrected chi connectivity index (χ3v) is 7.21. The van der Waals surface area contributed by atoms with Crippen LogP contribution in [0, 0.1) is 11.6 Å². The average Bonchev–Trinajstić information content (AvgIpc) is 3.37. The standard InChI is InChI=1S/C21H12F2N4O2S3/c22-11-7-12(23)9-13(8-11)27-19(29)18-15(5-6-30-18)25-21(27)31-10-17(28)26-20-24-14-3-1-2-4-16(14)32-20/h1-9H,10H2,(H,24,26,28). The first-order valence-corrected chi connectivity index (χ1v) is 11.9. The first-order valence-electron chi connectivity index (χ1n) is 9.23. The molecule has 6 nitrogen and oxygen atoms in total. The van der Waals surface area contributed by atoms with Crippen LogP contribution in [0.3, 0.4) is 0 Å². The lowest BCUT2D eigenvalue weighted by Gasteiger charge is -2.12. The maximum atomic E-state index is 13.8. The molecule has 0 fully saturated rings. The Labute approximate surface area is 191 Å². The second-order valence-electron chi connectivity index (χ2n) is 6.62. The van der Waals surface area contributed by atoms with E-state index in [2.05, 4.69) is 15.3 Å². The van der Waals surface area contributed by atoms with Crippen LogP contribution in [0.4, 0.5) is 13.9 Å². The Bertz CT molecular complexity index is 1490. The number of benzene rings is 2. The highest BCUT2D eigenvalue weighted by atomic mass is 32.2. The minimum absolute atomic E-state index is 0.00406. The van der Waals surface area contributed by atoms with Gasteiger partial charge in [-0.05, 0) is 35.7 Å². The molecule has 0 radical (unpaired) electrons. The summed E-state index contributed by atoms with van der Waals surface area (Å²) in [6, 6.07) is 12.0. The third-order valence-electron chi connectivity index (χ3n) is 4.43. The van der Waals surface area contributed by atoms with E-state index in [1.54, 1.807) is 11.4 Å². The number of para-hydroxylation sites is 1. The van der Waals surface area contributed by atoms with Gasteiger partial charge in [-0.1, -0.05) is 35.2 Å². The van der Waals surface area contributed by atoms with E-state index in [1.807, 2.05) is 24.3 Å². The van der Waals surface area contributed by atoms with E-state index in [9.17, 15) is 18.4 Å². The van der Waals surface area contributed by atoms with Crippen molar-refractivity contribution in [2.24, 2.45) is 0 Å². The Balaban J connectivity index is 1.45. The fourth-order valence-corrected chi connectivity index (χ4v) is 5.55. The van der Waals surface area contributed by atoms with E-state index >= 15 is 0 Å². The molecule has 32 heavy (non-hydrogen) atoms. The molecule has 160 valence electrons. The molecule has 0 unspecified atom stereocenters. The summed E-state index contributed by atoms with van der Waals surface area (Å²) in [6.07, 6.45) is 0. The third kappa shape index (κ3) is 4.01. The van der Waals surface area contributed by atoms with Gasteiger partial charge in [0.15, 0.2) is 10.3 Å². The number of rotatable bonds is 5. The van der Waals surface area contributed by atoms with Crippen molar-refractivity contribution in [3.05, 3.63) is 75.9 Å². The van der Waals surface area contributed by atoms with Crippen LogP contribution in [-0.2, 0) is 4.79 Å². The van der Waals surface area contributed by atoms with Crippen LogP contribution in [0.5, 0.6) is 0 Å².